The molecule has 0 bridgehead atoms. The van der Waals surface area contributed by atoms with Gasteiger partial charge < -0.3 is 14.7 Å². The first-order valence-electron chi connectivity index (χ1n) is 7.19. The average molecular weight is 343 g/mol. The SMILES string of the molecule is CCN1CCN(CC(O)COc2ccccc2Br)CC1. The molecule has 1 aromatic carbocycles. The second-order valence-corrected chi connectivity index (χ2v) is 5.98. The standard InChI is InChI=1S/C15H23BrN2O2/c1-2-17-7-9-18(10-8-17)11-13(19)12-20-15-6-4-3-5-14(15)16/h3-6,13,19H,2,7-12H2,1H3. The van der Waals surface area contributed by atoms with Crippen molar-refractivity contribution in [2.45, 2.75) is 13.0 Å². The summed E-state index contributed by atoms with van der Waals surface area (Å²) in [4.78, 5) is 4.74. The van der Waals surface area contributed by atoms with E-state index >= 15 is 0 Å². The molecule has 1 fully saturated rings. The number of rotatable bonds is 6. The van der Waals surface area contributed by atoms with Crippen molar-refractivity contribution in [3.63, 3.8) is 0 Å². The summed E-state index contributed by atoms with van der Waals surface area (Å²) < 4.78 is 6.57. The van der Waals surface area contributed by atoms with E-state index in [0.717, 1.165) is 42.9 Å². The molecule has 112 valence electrons. The monoisotopic (exact) mass is 342 g/mol. The Morgan fingerprint density at radius 1 is 1.20 bits per heavy atom. The number of aliphatic hydroxyl groups excluding tert-OH is 1. The molecule has 5 heteroatoms. The molecule has 0 amide bonds. The number of hydrogen-bond acceptors (Lipinski definition) is 4. The van der Waals surface area contributed by atoms with E-state index in [1.54, 1.807) is 0 Å². The molecule has 20 heavy (non-hydrogen) atoms. The van der Waals surface area contributed by atoms with E-state index < -0.39 is 6.10 Å². The van der Waals surface area contributed by atoms with Crippen molar-refractivity contribution in [1.29, 1.82) is 0 Å². The van der Waals surface area contributed by atoms with Gasteiger partial charge in [0.25, 0.3) is 0 Å². The Bertz CT molecular complexity index is 409. The third-order valence-corrected chi connectivity index (χ3v) is 4.30. The van der Waals surface area contributed by atoms with Crippen LogP contribution in [-0.2, 0) is 0 Å². The minimum absolute atomic E-state index is 0.330. The molecule has 2 rings (SSSR count). The molecule has 0 spiro atoms. The number of benzene rings is 1. The number of halogens is 1. The zero-order valence-corrected chi connectivity index (χ0v) is 13.6. The van der Waals surface area contributed by atoms with Crippen LogP contribution in [0.1, 0.15) is 6.92 Å². The van der Waals surface area contributed by atoms with Crippen LogP contribution in [0.4, 0.5) is 0 Å². The van der Waals surface area contributed by atoms with Gasteiger partial charge in [-0.05, 0) is 34.6 Å². The number of hydrogen-bond donors (Lipinski definition) is 1. The number of para-hydroxylation sites is 1. The molecule has 1 unspecified atom stereocenters. The molecular formula is C15H23BrN2O2. The zero-order chi connectivity index (χ0) is 14.4. The highest BCUT2D eigenvalue weighted by Gasteiger charge is 2.18. The molecule has 0 saturated carbocycles. The lowest BCUT2D eigenvalue weighted by Crippen LogP contribution is -2.49. The highest BCUT2D eigenvalue weighted by molar-refractivity contribution is 9.10. The van der Waals surface area contributed by atoms with E-state index in [9.17, 15) is 5.11 Å². The van der Waals surface area contributed by atoms with Gasteiger partial charge in [-0.2, -0.15) is 0 Å². The lowest BCUT2D eigenvalue weighted by molar-refractivity contribution is 0.0469. The first-order chi connectivity index (χ1) is 9.69. The molecule has 0 aromatic heterocycles. The third-order valence-electron chi connectivity index (χ3n) is 3.65. The zero-order valence-electron chi connectivity index (χ0n) is 12.0. The van der Waals surface area contributed by atoms with E-state index in [1.165, 1.54) is 0 Å². The van der Waals surface area contributed by atoms with Crippen molar-refractivity contribution in [2.24, 2.45) is 0 Å². The van der Waals surface area contributed by atoms with Gasteiger partial charge in [-0.1, -0.05) is 19.1 Å². The van der Waals surface area contributed by atoms with Gasteiger partial charge in [0, 0.05) is 32.7 Å². The van der Waals surface area contributed by atoms with Crippen molar-refractivity contribution < 1.29 is 9.84 Å². The van der Waals surface area contributed by atoms with Gasteiger partial charge in [0.15, 0.2) is 0 Å². The maximum absolute atomic E-state index is 10.1. The lowest BCUT2D eigenvalue weighted by Gasteiger charge is -2.34. The molecule has 0 radical (unpaired) electrons. The summed E-state index contributed by atoms with van der Waals surface area (Å²) in [5.74, 6) is 0.780. The minimum Gasteiger partial charge on any atom is -0.490 e. The van der Waals surface area contributed by atoms with Crippen LogP contribution >= 0.6 is 15.9 Å². The van der Waals surface area contributed by atoms with Crippen molar-refractivity contribution in [1.82, 2.24) is 9.80 Å². The van der Waals surface area contributed by atoms with E-state index in [1.807, 2.05) is 24.3 Å². The van der Waals surface area contributed by atoms with E-state index in [0.29, 0.717) is 13.2 Å². The Kier molecular flexibility index (Phi) is 6.29. The normalized spacial score (nSPS) is 18.9. The summed E-state index contributed by atoms with van der Waals surface area (Å²) >= 11 is 3.44. The minimum atomic E-state index is -0.449. The fourth-order valence-electron chi connectivity index (χ4n) is 2.39. The lowest BCUT2D eigenvalue weighted by atomic mass is 10.2. The molecule has 1 aliphatic heterocycles. The summed E-state index contributed by atoms with van der Waals surface area (Å²) in [7, 11) is 0. The molecule has 1 atom stereocenters. The Morgan fingerprint density at radius 2 is 1.85 bits per heavy atom. The van der Waals surface area contributed by atoms with Crippen LogP contribution in [0.2, 0.25) is 0 Å². The maximum Gasteiger partial charge on any atom is 0.133 e. The van der Waals surface area contributed by atoms with Crippen LogP contribution in [0.15, 0.2) is 28.7 Å². The predicted molar refractivity (Wildman–Crippen MR) is 84.2 cm³/mol. The molecule has 1 N–H and O–H groups in total. The summed E-state index contributed by atoms with van der Waals surface area (Å²) in [6, 6.07) is 7.71. The summed E-state index contributed by atoms with van der Waals surface area (Å²) in [6.07, 6.45) is -0.449. The Balaban J connectivity index is 1.71. The summed E-state index contributed by atoms with van der Waals surface area (Å²) in [5.41, 5.74) is 0. The molecule has 0 aliphatic carbocycles. The van der Waals surface area contributed by atoms with Gasteiger partial charge in [0.1, 0.15) is 18.5 Å². The highest BCUT2D eigenvalue weighted by atomic mass is 79.9. The van der Waals surface area contributed by atoms with E-state index in [-0.39, 0.29) is 0 Å². The topological polar surface area (TPSA) is 35.9 Å². The van der Waals surface area contributed by atoms with Gasteiger partial charge in [0.2, 0.25) is 0 Å². The smallest absolute Gasteiger partial charge is 0.133 e. The number of likely N-dealkylation sites (N-methyl/N-ethyl adjacent to an activating group) is 1. The quantitative estimate of drug-likeness (QED) is 0.855. The van der Waals surface area contributed by atoms with Gasteiger partial charge in [-0.3, -0.25) is 4.90 Å². The first kappa shape index (κ1) is 15.8. The number of β-amino-alcohol motifs (C(OH)–C–C–N with tert-alkyl or cyclic N) is 1. The Labute approximate surface area is 129 Å². The predicted octanol–water partition coefficient (Wildman–Crippen LogP) is 1.83. The second-order valence-electron chi connectivity index (χ2n) is 5.13. The van der Waals surface area contributed by atoms with Crippen LogP contribution in [0.5, 0.6) is 5.75 Å². The fourth-order valence-corrected chi connectivity index (χ4v) is 2.79. The average Bonchev–Trinajstić information content (AvgIpc) is 2.47. The van der Waals surface area contributed by atoms with Gasteiger partial charge in [0.05, 0.1) is 4.47 Å². The molecule has 1 heterocycles. The van der Waals surface area contributed by atoms with Crippen molar-refractivity contribution in [2.75, 3.05) is 45.9 Å². The first-order valence-corrected chi connectivity index (χ1v) is 7.98. The number of ether oxygens (including phenoxy) is 1. The van der Waals surface area contributed by atoms with Gasteiger partial charge in [-0.15, -0.1) is 0 Å². The van der Waals surface area contributed by atoms with Gasteiger partial charge in [-0.25, -0.2) is 0 Å². The Morgan fingerprint density at radius 3 is 2.50 bits per heavy atom. The third kappa shape index (κ3) is 4.74. The number of nitrogens with zero attached hydrogens (tertiary/aromatic N) is 2. The summed E-state index contributed by atoms with van der Waals surface area (Å²) in [6.45, 7) is 8.55. The largest absolute Gasteiger partial charge is 0.490 e. The van der Waals surface area contributed by atoms with Crippen LogP contribution in [0.25, 0.3) is 0 Å². The van der Waals surface area contributed by atoms with Crippen LogP contribution in [0, 0.1) is 0 Å². The number of piperazine rings is 1. The molecule has 1 aromatic rings. The van der Waals surface area contributed by atoms with Crippen LogP contribution < -0.4 is 4.74 Å². The summed E-state index contributed by atoms with van der Waals surface area (Å²) in [5, 5.41) is 10.1. The van der Waals surface area contributed by atoms with Crippen LogP contribution in [0.3, 0.4) is 0 Å². The maximum atomic E-state index is 10.1. The second kappa shape index (κ2) is 7.98. The van der Waals surface area contributed by atoms with Crippen molar-refractivity contribution >= 4 is 15.9 Å². The van der Waals surface area contributed by atoms with Crippen molar-refractivity contribution in [3.05, 3.63) is 28.7 Å². The Hall–Kier alpha value is -0.620. The molecule has 1 aliphatic rings. The van der Waals surface area contributed by atoms with Crippen LogP contribution in [-0.4, -0.2) is 66.9 Å². The highest BCUT2D eigenvalue weighted by Crippen LogP contribution is 2.23. The van der Waals surface area contributed by atoms with Gasteiger partial charge >= 0.3 is 0 Å². The molecular weight excluding hydrogens is 320 g/mol. The van der Waals surface area contributed by atoms with E-state index in [4.69, 9.17) is 4.74 Å². The fraction of sp³-hybridized carbons (Fsp3) is 0.600. The molecule has 1 saturated heterocycles. The molecule has 4 nitrogen and oxygen atoms in total. The number of aliphatic hydroxyl groups is 1. The van der Waals surface area contributed by atoms with Crippen molar-refractivity contribution in [3.8, 4) is 5.75 Å². The van der Waals surface area contributed by atoms with E-state index in [2.05, 4.69) is 32.7 Å².